The molecule has 0 saturated carbocycles. The predicted octanol–water partition coefficient (Wildman–Crippen LogP) is -7.23. The summed E-state index contributed by atoms with van der Waals surface area (Å²) < 4.78 is 0. The van der Waals surface area contributed by atoms with Gasteiger partial charge in [-0.15, -0.1) is 0 Å². The summed E-state index contributed by atoms with van der Waals surface area (Å²) >= 11 is 0. The van der Waals surface area contributed by atoms with E-state index in [1.165, 1.54) is 30.4 Å². The molecular formula is C44H79N19O10. The first kappa shape index (κ1) is 62.3. The van der Waals surface area contributed by atoms with Crippen LogP contribution in [-0.4, -0.2) is 180 Å². The van der Waals surface area contributed by atoms with E-state index in [4.69, 9.17) is 39.8 Å². The molecule has 1 aromatic heterocycles. The third-order valence-electron chi connectivity index (χ3n) is 11.6. The van der Waals surface area contributed by atoms with Crippen LogP contribution < -0.4 is 82.3 Å². The van der Waals surface area contributed by atoms with Gasteiger partial charge in [0.2, 0.25) is 47.3 Å². The lowest BCUT2D eigenvalue weighted by Crippen LogP contribution is -2.60. The quantitative estimate of drug-likeness (QED) is 0.0130. The molecule has 0 radical (unpaired) electrons. The highest BCUT2D eigenvalue weighted by molar-refractivity contribution is 6.00. The van der Waals surface area contributed by atoms with Crippen LogP contribution in [-0.2, 0) is 49.6 Å². The highest BCUT2D eigenvalue weighted by Gasteiger charge is 2.39. The number of amides is 9. The van der Waals surface area contributed by atoms with E-state index in [1.54, 1.807) is 7.05 Å². The van der Waals surface area contributed by atoms with Crippen molar-refractivity contribution in [3.8, 4) is 0 Å². The molecule has 1 aromatic rings. The highest BCUT2D eigenvalue weighted by Crippen LogP contribution is 2.20. The molecular weight excluding hydrogens is 955 g/mol. The van der Waals surface area contributed by atoms with E-state index in [0.29, 0.717) is 44.3 Å². The summed E-state index contributed by atoms with van der Waals surface area (Å²) in [6.07, 6.45) is 6.28. The monoisotopic (exact) mass is 1030 g/mol. The zero-order valence-electron chi connectivity index (χ0n) is 41.8. The van der Waals surface area contributed by atoms with Crippen molar-refractivity contribution in [1.29, 1.82) is 5.41 Å². The Bertz CT molecular complexity index is 2010. The molecule has 1 aliphatic rings. The summed E-state index contributed by atoms with van der Waals surface area (Å²) in [7, 11) is 1.79. The average Bonchev–Trinajstić information content (AvgIpc) is 4.08. The number of aliphatic hydroxyl groups excluding tert-OH is 1. The maximum atomic E-state index is 14.2. The molecule has 2 heterocycles. The van der Waals surface area contributed by atoms with E-state index < -0.39 is 115 Å². The third-order valence-corrected chi connectivity index (χ3v) is 11.6. The van der Waals surface area contributed by atoms with Crippen molar-refractivity contribution >= 4 is 59.1 Å². The minimum absolute atomic E-state index is 0.0585. The highest BCUT2D eigenvalue weighted by atomic mass is 16.3. The number of primary amides is 1. The van der Waals surface area contributed by atoms with E-state index in [-0.39, 0.29) is 69.8 Å². The Kier molecular flexibility index (Phi) is 28.8. The largest absolute Gasteiger partial charge is 0.389 e. The Morgan fingerprint density at radius 1 is 0.822 bits per heavy atom. The fraction of sp³-hybridized carbons (Fsp3) is 0.659. The maximum Gasteiger partial charge on any atom is 0.264 e. The number of carbonyl (C=O) groups excluding carboxylic acids is 9. The number of likely N-dealkylation sites (tertiary alicyclic amines) is 1. The van der Waals surface area contributed by atoms with E-state index in [1.807, 2.05) is 0 Å². The van der Waals surface area contributed by atoms with Crippen LogP contribution in [0.5, 0.6) is 0 Å². The molecule has 29 nitrogen and oxygen atoms in total. The number of aromatic nitrogens is 2. The number of unbranched alkanes of at least 4 members (excludes halogenated alkanes) is 2. The van der Waals surface area contributed by atoms with Gasteiger partial charge in [0.15, 0.2) is 5.96 Å². The Hall–Kier alpha value is -6.79. The van der Waals surface area contributed by atoms with E-state index in [9.17, 15) is 48.3 Å². The van der Waals surface area contributed by atoms with Crippen molar-refractivity contribution in [2.75, 3.05) is 52.9 Å². The number of rotatable bonds is 35. The van der Waals surface area contributed by atoms with Gasteiger partial charge in [-0.25, -0.2) is 4.98 Å². The molecule has 24 N–H and O–H groups in total. The van der Waals surface area contributed by atoms with Crippen LogP contribution in [0.15, 0.2) is 24.3 Å². The van der Waals surface area contributed by atoms with Crippen LogP contribution in [0, 0.1) is 5.41 Å². The van der Waals surface area contributed by atoms with Crippen molar-refractivity contribution in [2.24, 2.45) is 34.4 Å². The van der Waals surface area contributed by atoms with Crippen molar-refractivity contribution in [2.45, 2.75) is 132 Å². The first-order valence-electron chi connectivity index (χ1n) is 24.4. The lowest BCUT2D eigenvalue weighted by atomic mass is 10.1. The molecule has 0 aliphatic carbocycles. The molecule has 2 rings (SSSR count). The SMILES string of the molecule is CNCCCCC(N)C(=O)N[C@H](C(=O)N[C@@H](C)C(=O)NCC(=O)N[C@H](CCCN)C(=O)N1CCC[C@H]1C(=O)N[C@@H](Cc1cnc[nH]1)C(=O)N[C@@H](CCCCN)C(=O)N/C(=C\CCNC(=N)N)C(N)=O)[C@@H](O)CN. The Morgan fingerprint density at radius 2 is 1.52 bits per heavy atom. The van der Waals surface area contributed by atoms with Crippen LogP contribution in [0.2, 0.25) is 0 Å². The molecule has 1 saturated heterocycles. The summed E-state index contributed by atoms with van der Waals surface area (Å²) in [6.45, 7) is 1.70. The van der Waals surface area contributed by atoms with Gasteiger partial charge < -0.3 is 97.2 Å². The Morgan fingerprint density at radius 3 is 2.15 bits per heavy atom. The predicted molar refractivity (Wildman–Crippen MR) is 267 cm³/mol. The fourth-order valence-corrected chi connectivity index (χ4v) is 7.53. The topological polar surface area (TPSA) is 494 Å². The molecule has 1 aliphatic heterocycles. The smallest absolute Gasteiger partial charge is 0.264 e. The molecule has 73 heavy (non-hydrogen) atoms. The number of hydrogen-bond donors (Lipinski definition) is 18. The van der Waals surface area contributed by atoms with Gasteiger partial charge in [0.1, 0.15) is 41.9 Å². The van der Waals surface area contributed by atoms with Gasteiger partial charge in [-0.1, -0.05) is 12.5 Å². The second-order valence-corrected chi connectivity index (χ2v) is 17.5. The second-order valence-electron chi connectivity index (χ2n) is 17.5. The number of imidazole rings is 1. The summed E-state index contributed by atoms with van der Waals surface area (Å²) in [5, 5.41) is 40.9. The number of nitrogens with two attached hydrogens (primary N) is 6. The van der Waals surface area contributed by atoms with E-state index in [0.717, 1.165) is 13.0 Å². The summed E-state index contributed by atoms with van der Waals surface area (Å²) in [6, 6.07) is -8.64. The van der Waals surface area contributed by atoms with Crippen molar-refractivity contribution in [1.82, 2.24) is 62.7 Å². The third kappa shape index (κ3) is 22.7. The fourth-order valence-electron chi connectivity index (χ4n) is 7.53. The van der Waals surface area contributed by atoms with E-state index >= 15 is 0 Å². The number of nitrogens with zero attached hydrogens (tertiary/aromatic N) is 2. The van der Waals surface area contributed by atoms with Gasteiger partial charge >= 0.3 is 0 Å². The molecule has 9 amide bonds. The number of guanidine groups is 1. The average molecular weight is 1030 g/mol. The minimum atomic E-state index is -1.55. The van der Waals surface area contributed by atoms with Gasteiger partial charge in [-0.2, -0.15) is 0 Å². The minimum Gasteiger partial charge on any atom is -0.389 e. The molecule has 29 heteroatoms. The normalized spacial score (nSPS) is 16.3. The van der Waals surface area contributed by atoms with Gasteiger partial charge in [0.05, 0.1) is 25.0 Å². The molecule has 8 atom stereocenters. The van der Waals surface area contributed by atoms with Crippen LogP contribution in [0.25, 0.3) is 0 Å². The van der Waals surface area contributed by atoms with Crippen LogP contribution in [0.1, 0.15) is 83.2 Å². The second kappa shape index (κ2) is 33.8. The maximum absolute atomic E-state index is 14.2. The van der Waals surface area contributed by atoms with Gasteiger partial charge in [0, 0.05) is 37.9 Å². The summed E-state index contributed by atoms with van der Waals surface area (Å²) in [5.74, 6) is -7.39. The number of carbonyl (C=O) groups is 9. The van der Waals surface area contributed by atoms with Crippen molar-refractivity contribution < 1.29 is 48.3 Å². The molecule has 1 fully saturated rings. The number of aromatic amines is 1. The van der Waals surface area contributed by atoms with Crippen LogP contribution >= 0.6 is 0 Å². The van der Waals surface area contributed by atoms with Crippen molar-refractivity contribution in [3.05, 3.63) is 30.0 Å². The number of nitrogens with one attached hydrogen (secondary N) is 11. The standard InChI is InChI=1S/C44H79N19O10/c1-25(57-42(72)35(33(64)21-47)62-38(68)27(48)10-4-6-17-52-2)37(67)55-23-34(65)58-30(12-7-16-46)43(73)63-19-9-14-32(63)41(71)61-31(20-26-22-53-24-56-26)40(70)60-29(11-3-5-15-45)39(69)59-28(36(49)66)13-8-18-54-44(50)51/h13,22,24-25,27,29-33,35,52,64H,3-12,14-21,23,45-48H2,1-2H3,(H2,49,66)(H,53,56)(H,55,67)(H,57,72)(H,58,65)(H,59,69)(H,60,70)(H,61,71)(H,62,68)(H4,50,51,54)/b28-13-/t25-,27?,29-,30+,31-,32-,33-,35-/m0/s1. The molecule has 410 valence electrons. The molecule has 0 aromatic carbocycles. The molecule has 0 bridgehead atoms. The molecule has 0 spiro atoms. The van der Waals surface area contributed by atoms with Crippen LogP contribution in [0.3, 0.4) is 0 Å². The van der Waals surface area contributed by atoms with Crippen molar-refractivity contribution in [3.63, 3.8) is 0 Å². The van der Waals surface area contributed by atoms with E-state index in [2.05, 4.69) is 57.8 Å². The Labute approximate surface area is 424 Å². The number of hydrogen-bond acceptors (Lipinski definition) is 17. The number of H-pyrrole nitrogens is 1. The summed E-state index contributed by atoms with van der Waals surface area (Å²) in [4.78, 5) is 129. The van der Waals surface area contributed by atoms with Gasteiger partial charge in [-0.3, -0.25) is 48.6 Å². The number of aliphatic hydroxyl groups is 1. The zero-order chi connectivity index (χ0) is 54.5. The summed E-state index contributed by atoms with van der Waals surface area (Å²) in [5.41, 5.74) is 34.0. The lowest BCUT2D eigenvalue weighted by Gasteiger charge is -2.30. The first-order chi connectivity index (χ1) is 34.8. The lowest BCUT2D eigenvalue weighted by molar-refractivity contribution is -0.142. The zero-order valence-corrected chi connectivity index (χ0v) is 41.8. The van der Waals surface area contributed by atoms with Gasteiger partial charge in [-0.05, 0) is 97.8 Å². The molecule has 1 unspecified atom stereocenters. The Balaban J connectivity index is 2.18. The van der Waals surface area contributed by atoms with Crippen LogP contribution in [0.4, 0.5) is 0 Å². The first-order valence-corrected chi connectivity index (χ1v) is 24.4. The van der Waals surface area contributed by atoms with Gasteiger partial charge in [0.25, 0.3) is 5.91 Å².